The van der Waals surface area contributed by atoms with Crippen LogP contribution in [0.2, 0.25) is 0 Å². The maximum absolute atomic E-state index is 8.55. The second-order valence-electron chi connectivity index (χ2n) is 1.34. The van der Waals surface area contributed by atoms with Gasteiger partial charge in [-0.1, -0.05) is 0 Å². The molecule has 0 unspecified atom stereocenters. The molecule has 12 nitrogen and oxygen atoms in total. The fourth-order valence-corrected chi connectivity index (χ4v) is 0. The molecule has 18 heteroatoms. The zero-order valence-electron chi connectivity index (χ0n) is 7.77. The van der Waals surface area contributed by atoms with Crippen LogP contribution in [-0.4, -0.2) is 37.7 Å². The molecule has 0 atom stereocenters. The molecule has 0 aromatic carbocycles. The Hall–Kier alpha value is 2.69. The van der Waals surface area contributed by atoms with Crippen LogP contribution in [0, 0.1) is 0 Å². The fraction of sp³-hybridized carbons (Fsp3) is 0. The predicted octanol–water partition coefficient (Wildman–Crippen LogP) is -8.86. The van der Waals surface area contributed by atoms with E-state index in [1.54, 1.807) is 0 Å². The molecule has 0 heterocycles. The smallest absolute Gasteiger partial charge is 0.822 e. The van der Waals surface area contributed by atoms with Gasteiger partial charge in [0.15, 0.2) is 0 Å². The summed E-state index contributed by atoms with van der Waals surface area (Å²) in [5.74, 6) is 0. The topological polar surface area (TPSA) is 259 Å². The molecule has 106 valence electrons. The summed E-state index contributed by atoms with van der Waals surface area (Å²) in [6, 6.07) is 0. The van der Waals surface area contributed by atoms with Crippen molar-refractivity contribution in [2.24, 2.45) is 0 Å². The van der Waals surface area contributed by atoms with Crippen molar-refractivity contribution in [1.29, 1.82) is 0 Å². The maximum atomic E-state index is 8.55. The molecule has 0 aliphatic rings. The van der Waals surface area contributed by atoms with E-state index in [2.05, 4.69) is 0 Å². The summed E-state index contributed by atoms with van der Waals surface area (Å²) < 4.78 is 25.6. The van der Waals surface area contributed by atoms with Crippen molar-refractivity contribution in [1.82, 2.24) is 0 Å². The molecule has 0 saturated carbocycles. The van der Waals surface area contributed by atoms with Gasteiger partial charge in [0.2, 0.25) is 0 Å². The van der Waals surface area contributed by atoms with Gasteiger partial charge in [0.1, 0.15) is 0 Å². The summed E-state index contributed by atoms with van der Waals surface area (Å²) in [7, 11) is -16.2. The van der Waals surface area contributed by atoms with Gasteiger partial charge >= 0.3 is 54.8 Å². The maximum Gasteiger partial charge on any atom is 2.00 e. The standard InChI is InChI=1S/Ca.Mn.3H3O4P.V/c;;3*1-5(2,3)4;/h;;3*(H3,1,2,3,4);/q2*+2;;;;/p-9. The normalized spacial score (nSPS) is 9.83. The first kappa shape index (κ1) is 37.2. The van der Waals surface area contributed by atoms with Crippen LogP contribution in [0.3, 0.4) is 0 Å². The van der Waals surface area contributed by atoms with Crippen molar-refractivity contribution in [3.63, 3.8) is 0 Å². The molecule has 0 fully saturated rings. The average molecular weight is 431 g/mol. The van der Waals surface area contributed by atoms with Gasteiger partial charge in [-0.25, -0.2) is 0 Å². The number of phosphoric acid groups is 3. The molecule has 0 bridgehead atoms. The van der Waals surface area contributed by atoms with Crippen LogP contribution in [0.1, 0.15) is 0 Å². The fourth-order valence-electron chi connectivity index (χ4n) is 0. The third kappa shape index (κ3) is 807. The number of hydrogen-bond acceptors (Lipinski definition) is 12. The van der Waals surface area contributed by atoms with E-state index < -0.39 is 23.5 Å². The van der Waals surface area contributed by atoms with Gasteiger partial charge < -0.3 is 57.7 Å². The van der Waals surface area contributed by atoms with Gasteiger partial charge in [0.25, 0.3) is 0 Å². The quantitative estimate of drug-likeness (QED) is 0.256. The summed E-state index contributed by atoms with van der Waals surface area (Å²) in [4.78, 5) is 76.9. The minimum Gasteiger partial charge on any atom is -0.822 e. The first-order chi connectivity index (χ1) is 6.00. The molecule has 0 aromatic heterocycles. The van der Waals surface area contributed by atoms with Crippen LogP contribution < -0.4 is 44.0 Å². The number of rotatable bonds is 0. The van der Waals surface area contributed by atoms with Crippen LogP contribution in [0.4, 0.5) is 0 Å². The van der Waals surface area contributed by atoms with E-state index in [0.29, 0.717) is 0 Å². The second kappa shape index (κ2) is 16.1. The molecule has 18 heavy (non-hydrogen) atoms. The van der Waals surface area contributed by atoms with Gasteiger partial charge in [-0.2, -0.15) is 23.5 Å². The molecule has 0 spiro atoms. The Bertz CT molecular complexity index is 213. The van der Waals surface area contributed by atoms with Crippen LogP contribution in [-0.2, 0) is 49.3 Å². The minimum absolute atomic E-state index is 0. The molecule has 0 amide bonds. The van der Waals surface area contributed by atoms with Crippen molar-refractivity contribution in [2.75, 3.05) is 0 Å². The second-order valence-corrected chi connectivity index (χ2v) is 4.02. The molecule has 0 rings (SSSR count). The van der Waals surface area contributed by atoms with Crippen molar-refractivity contribution >= 4 is 61.2 Å². The van der Waals surface area contributed by atoms with E-state index in [-0.39, 0.29) is 73.4 Å². The molecule has 0 saturated heterocycles. The summed E-state index contributed by atoms with van der Waals surface area (Å²) >= 11 is 0. The first-order valence-electron chi connectivity index (χ1n) is 2.19. The zero-order chi connectivity index (χ0) is 13.5. The van der Waals surface area contributed by atoms with Gasteiger partial charge in [-0.05, 0) is 0 Å². The van der Waals surface area contributed by atoms with Crippen molar-refractivity contribution < 1.29 is 93.4 Å². The van der Waals surface area contributed by atoms with E-state index in [0.717, 1.165) is 0 Å². The summed E-state index contributed by atoms with van der Waals surface area (Å²) in [6.07, 6.45) is 0. The van der Waals surface area contributed by atoms with Crippen molar-refractivity contribution in [2.45, 2.75) is 0 Å². The molecule has 0 aromatic rings. The monoisotopic (exact) mass is 431 g/mol. The third-order valence-corrected chi connectivity index (χ3v) is 0. The van der Waals surface area contributed by atoms with E-state index in [1.165, 1.54) is 0 Å². The van der Waals surface area contributed by atoms with Gasteiger partial charge in [-0.3, -0.25) is 0 Å². The molecular formula is CaMnO12P3V-5. The van der Waals surface area contributed by atoms with Gasteiger partial charge in [-0.15, -0.1) is 0 Å². The summed E-state index contributed by atoms with van der Waals surface area (Å²) in [6.45, 7) is 0. The molecule has 0 N–H and O–H groups in total. The number of hydrogen-bond donors (Lipinski definition) is 0. The van der Waals surface area contributed by atoms with Crippen LogP contribution in [0.15, 0.2) is 0 Å². The van der Waals surface area contributed by atoms with E-state index in [9.17, 15) is 0 Å². The van der Waals surface area contributed by atoms with E-state index in [4.69, 9.17) is 57.7 Å². The van der Waals surface area contributed by atoms with Gasteiger partial charge in [0, 0.05) is 18.6 Å². The summed E-state index contributed by atoms with van der Waals surface area (Å²) in [5.41, 5.74) is 0. The molecule has 2 radical (unpaired) electrons. The molecular weight excluding hydrogens is 431 g/mol. The first-order valence-corrected chi connectivity index (χ1v) is 6.57. The van der Waals surface area contributed by atoms with Crippen LogP contribution in [0.25, 0.3) is 0 Å². The predicted molar refractivity (Wildman–Crippen MR) is 28.6 cm³/mol. The Morgan fingerprint density at radius 2 is 0.500 bits per heavy atom. The Morgan fingerprint density at radius 3 is 0.500 bits per heavy atom. The van der Waals surface area contributed by atoms with Crippen LogP contribution >= 0.6 is 23.5 Å². The van der Waals surface area contributed by atoms with Crippen molar-refractivity contribution in [3.8, 4) is 0 Å². The minimum atomic E-state index is -5.39. The summed E-state index contributed by atoms with van der Waals surface area (Å²) in [5, 5.41) is 0. The van der Waals surface area contributed by atoms with E-state index >= 15 is 0 Å². The molecule has 0 aliphatic heterocycles. The van der Waals surface area contributed by atoms with Crippen molar-refractivity contribution in [3.05, 3.63) is 0 Å². The Labute approximate surface area is 153 Å². The average Bonchev–Trinajstić information content (AvgIpc) is 1.41. The third-order valence-electron chi connectivity index (χ3n) is 0. The SMILES string of the molecule is O=P([O-])([O-])[O-].O=P([O-])([O-])[O-].O=P([O-])([O-])[O-].[Ca+2].[Mn+2].[V]. The Balaban J connectivity index is -0.0000000277. The van der Waals surface area contributed by atoms with E-state index in [1.807, 2.05) is 0 Å². The Kier molecular flexibility index (Phi) is 33.2. The largest absolute Gasteiger partial charge is 2.00 e. The van der Waals surface area contributed by atoms with Crippen LogP contribution in [0.5, 0.6) is 0 Å². The Morgan fingerprint density at radius 1 is 0.500 bits per heavy atom. The molecule has 0 aliphatic carbocycles. The zero-order valence-corrected chi connectivity index (χ0v) is 15.2. The van der Waals surface area contributed by atoms with Gasteiger partial charge in [0.05, 0.1) is 0 Å².